The van der Waals surface area contributed by atoms with E-state index < -0.39 is 22.4 Å². The molecule has 2 aromatic rings. The largest absolute Gasteiger partial charge is 0.474 e. The van der Waals surface area contributed by atoms with E-state index in [0.717, 1.165) is 12.1 Å². The normalized spacial score (nSPS) is 19.4. The number of aldehydes is 1. The van der Waals surface area contributed by atoms with Crippen molar-refractivity contribution >= 4 is 17.7 Å². The van der Waals surface area contributed by atoms with Gasteiger partial charge in [-0.15, -0.1) is 0 Å². The fourth-order valence-corrected chi connectivity index (χ4v) is 3.31. The molecule has 0 saturated heterocycles. The van der Waals surface area contributed by atoms with Crippen LogP contribution in [0.25, 0.3) is 0 Å². The van der Waals surface area contributed by atoms with E-state index >= 15 is 0 Å². The van der Waals surface area contributed by atoms with E-state index in [9.17, 15) is 28.1 Å². The number of ether oxygens (including phenoxy) is 1. The van der Waals surface area contributed by atoms with Crippen LogP contribution in [0.15, 0.2) is 36.5 Å². The van der Waals surface area contributed by atoms with Gasteiger partial charge in [0.2, 0.25) is 5.88 Å². The van der Waals surface area contributed by atoms with Crippen molar-refractivity contribution in [3.05, 3.63) is 57.8 Å². The smallest absolute Gasteiger partial charge is 0.423 e. The third-order valence-electron chi connectivity index (χ3n) is 4.73. The predicted molar refractivity (Wildman–Crippen MR) is 98.0 cm³/mol. The number of aromatic nitrogens is 1. The number of rotatable bonds is 6. The van der Waals surface area contributed by atoms with E-state index in [1.165, 1.54) is 12.3 Å². The molecule has 10 heteroatoms. The summed E-state index contributed by atoms with van der Waals surface area (Å²) in [5, 5.41) is 13.9. The van der Waals surface area contributed by atoms with Crippen LogP contribution < -0.4 is 10.1 Å². The van der Waals surface area contributed by atoms with Gasteiger partial charge in [0.05, 0.1) is 4.92 Å². The molecule has 0 atom stereocenters. The Morgan fingerprint density at radius 3 is 2.52 bits per heavy atom. The van der Waals surface area contributed by atoms with Crippen molar-refractivity contribution in [2.45, 2.75) is 44.0 Å². The van der Waals surface area contributed by atoms with E-state index in [4.69, 9.17) is 4.74 Å². The molecule has 0 unspecified atom stereocenters. The number of pyridine rings is 1. The molecule has 29 heavy (non-hydrogen) atoms. The number of halogens is 3. The molecule has 1 saturated carbocycles. The molecule has 1 N–H and O–H groups in total. The lowest BCUT2D eigenvalue weighted by Gasteiger charge is -2.30. The molecule has 0 aliphatic heterocycles. The third-order valence-corrected chi connectivity index (χ3v) is 4.73. The van der Waals surface area contributed by atoms with Gasteiger partial charge in [-0.1, -0.05) is 0 Å². The summed E-state index contributed by atoms with van der Waals surface area (Å²) in [6, 6.07) is 5.96. The van der Waals surface area contributed by atoms with Crippen molar-refractivity contribution in [3.8, 4) is 5.88 Å². The molecule has 1 fully saturated rings. The number of alkyl halides is 3. The first-order chi connectivity index (χ1) is 13.8. The Labute approximate surface area is 164 Å². The Bertz CT molecular complexity index is 897. The zero-order valence-corrected chi connectivity index (χ0v) is 15.2. The second-order valence-corrected chi connectivity index (χ2v) is 6.77. The summed E-state index contributed by atoms with van der Waals surface area (Å²) in [7, 11) is 0. The summed E-state index contributed by atoms with van der Waals surface area (Å²) in [6.45, 7) is 0. The zero-order chi connectivity index (χ0) is 21.0. The highest BCUT2D eigenvalue weighted by Gasteiger charge is 2.38. The lowest BCUT2D eigenvalue weighted by atomic mass is 9.92. The number of nitro benzene ring substituents is 1. The molecule has 154 valence electrons. The van der Waals surface area contributed by atoms with Gasteiger partial charge in [-0.2, -0.15) is 13.2 Å². The van der Waals surface area contributed by atoms with Gasteiger partial charge in [0, 0.05) is 35.6 Å². The number of nitrogens with zero attached hydrogens (tertiary/aromatic N) is 2. The maximum atomic E-state index is 13.1. The highest BCUT2D eigenvalue weighted by molar-refractivity contribution is 5.74. The van der Waals surface area contributed by atoms with Crippen LogP contribution >= 0.6 is 0 Å². The first kappa shape index (κ1) is 20.6. The van der Waals surface area contributed by atoms with Gasteiger partial charge in [-0.25, -0.2) is 4.98 Å². The molecule has 0 bridgehead atoms. The Morgan fingerprint density at radius 2 is 1.90 bits per heavy atom. The topological polar surface area (TPSA) is 94.4 Å². The molecule has 0 radical (unpaired) electrons. The van der Waals surface area contributed by atoms with Crippen LogP contribution in [0, 0.1) is 10.1 Å². The van der Waals surface area contributed by atoms with E-state index in [2.05, 4.69) is 10.3 Å². The number of carbonyl (C=O) groups excluding carboxylic acids is 1. The summed E-state index contributed by atoms with van der Waals surface area (Å²) in [6.07, 6.45) is -0.118. The number of carbonyl (C=O) groups is 1. The number of nitro groups is 1. The van der Waals surface area contributed by atoms with Crippen LogP contribution in [0.2, 0.25) is 0 Å². The first-order valence-electron chi connectivity index (χ1n) is 8.96. The molecule has 1 aromatic carbocycles. The standard InChI is InChI=1S/C19H18F3N3O4/c20-19(21,22)16-10-14(3-6-17(16)25(27)28)24-13-1-4-15(5-2-13)29-18-9-12(11-26)7-8-23-18/h3,6-11,13,15,24H,1-2,4-5H2. The highest BCUT2D eigenvalue weighted by Crippen LogP contribution is 2.38. The Kier molecular flexibility index (Phi) is 6.00. The SMILES string of the molecule is O=Cc1ccnc(OC2CCC(Nc3ccc([N+](=O)[O-])c(C(F)(F)F)c3)CC2)c1. The first-order valence-corrected chi connectivity index (χ1v) is 8.96. The lowest BCUT2D eigenvalue weighted by molar-refractivity contribution is -0.388. The molecule has 0 spiro atoms. The molecular formula is C19H18F3N3O4. The second-order valence-electron chi connectivity index (χ2n) is 6.77. The number of benzene rings is 1. The fraction of sp³-hybridized carbons (Fsp3) is 0.368. The molecular weight excluding hydrogens is 391 g/mol. The maximum Gasteiger partial charge on any atom is 0.423 e. The lowest BCUT2D eigenvalue weighted by Crippen LogP contribution is -2.31. The van der Waals surface area contributed by atoms with Crippen LogP contribution in [0.1, 0.15) is 41.6 Å². The Morgan fingerprint density at radius 1 is 1.17 bits per heavy atom. The van der Waals surface area contributed by atoms with Gasteiger partial charge in [-0.05, 0) is 43.9 Å². The molecule has 0 amide bonds. The van der Waals surface area contributed by atoms with Crippen LogP contribution in [-0.2, 0) is 6.18 Å². The minimum Gasteiger partial charge on any atom is -0.474 e. The quantitative estimate of drug-likeness (QED) is 0.425. The van der Waals surface area contributed by atoms with Crippen LogP contribution in [0.4, 0.5) is 24.5 Å². The number of hydrogen-bond acceptors (Lipinski definition) is 6. The molecule has 3 rings (SSSR count). The summed E-state index contributed by atoms with van der Waals surface area (Å²) in [5.41, 5.74) is -1.59. The van der Waals surface area contributed by atoms with E-state index in [1.54, 1.807) is 12.1 Å². The summed E-state index contributed by atoms with van der Waals surface area (Å²) >= 11 is 0. The van der Waals surface area contributed by atoms with E-state index in [0.29, 0.717) is 43.4 Å². The number of anilines is 1. The molecule has 1 aromatic heterocycles. The van der Waals surface area contributed by atoms with Gasteiger partial charge in [-0.3, -0.25) is 14.9 Å². The summed E-state index contributed by atoms with van der Waals surface area (Å²) in [5.74, 6) is 0.358. The zero-order valence-electron chi connectivity index (χ0n) is 15.2. The summed E-state index contributed by atoms with van der Waals surface area (Å²) < 4.78 is 45.1. The maximum absolute atomic E-state index is 13.1. The average Bonchev–Trinajstić information content (AvgIpc) is 2.69. The highest BCUT2D eigenvalue weighted by atomic mass is 19.4. The van der Waals surface area contributed by atoms with Crippen molar-refractivity contribution in [2.24, 2.45) is 0 Å². The number of nitrogens with one attached hydrogen (secondary N) is 1. The summed E-state index contributed by atoms with van der Waals surface area (Å²) in [4.78, 5) is 24.7. The van der Waals surface area contributed by atoms with Gasteiger partial charge in [0.25, 0.3) is 5.69 Å². The minimum absolute atomic E-state index is 0.0772. The van der Waals surface area contributed by atoms with Crippen LogP contribution in [0.5, 0.6) is 5.88 Å². The third kappa shape index (κ3) is 5.21. The molecule has 7 nitrogen and oxygen atoms in total. The predicted octanol–water partition coefficient (Wildman–Crippen LogP) is 4.62. The van der Waals surface area contributed by atoms with Gasteiger partial charge < -0.3 is 10.1 Å². The van der Waals surface area contributed by atoms with E-state index in [-0.39, 0.29) is 17.8 Å². The van der Waals surface area contributed by atoms with E-state index in [1.807, 2.05) is 0 Å². The van der Waals surface area contributed by atoms with Gasteiger partial charge >= 0.3 is 6.18 Å². The van der Waals surface area contributed by atoms with Crippen LogP contribution in [-0.4, -0.2) is 28.3 Å². The van der Waals surface area contributed by atoms with Crippen molar-refractivity contribution in [2.75, 3.05) is 5.32 Å². The Hall–Kier alpha value is -3.17. The molecule has 1 aliphatic rings. The molecule has 1 heterocycles. The fourth-order valence-electron chi connectivity index (χ4n) is 3.31. The Balaban J connectivity index is 1.60. The monoisotopic (exact) mass is 409 g/mol. The van der Waals surface area contributed by atoms with Crippen molar-refractivity contribution in [3.63, 3.8) is 0 Å². The van der Waals surface area contributed by atoms with Gasteiger partial charge in [0.1, 0.15) is 18.0 Å². The van der Waals surface area contributed by atoms with Gasteiger partial charge in [0.15, 0.2) is 0 Å². The van der Waals surface area contributed by atoms with Crippen molar-refractivity contribution in [1.29, 1.82) is 0 Å². The van der Waals surface area contributed by atoms with Crippen molar-refractivity contribution < 1.29 is 27.6 Å². The minimum atomic E-state index is -4.81. The molecule has 1 aliphatic carbocycles. The van der Waals surface area contributed by atoms with Crippen molar-refractivity contribution in [1.82, 2.24) is 4.98 Å². The second kappa shape index (κ2) is 8.46. The van der Waals surface area contributed by atoms with Crippen LogP contribution in [0.3, 0.4) is 0 Å². The average molecular weight is 409 g/mol. The number of hydrogen-bond donors (Lipinski definition) is 1.